The lowest BCUT2D eigenvalue weighted by Gasteiger charge is -2.48. The van der Waals surface area contributed by atoms with Gasteiger partial charge in [0.05, 0.1) is 5.54 Å². The summed E-state index contributed by atoms with van der Waals surface area (Å²) in [5.74, 6) is 1.71. The first-order valence-corrected chi connectivity index (χ1v) is 8.22. The molecule has 0 radical (unpaired) electrons. The van der Waals surface area contributed by atoms with Gasteiger partial charge in [-0.2, -0.15) is 0 Å². The van der Waals surface area contributed by atoms with Gasteiger partial charge in [0.15, 0.2) is 0 Å². The van der Waals surface area contributed by atoms with Gasteiger partial charge in [-0.1, -0.05) is 32.0 Å². The molecule has 1 saturated carbocycles. The van der Waals surface area contributed by atoms with Crippen molar-refractivity contribution in [2.24, 2.45) is 17.6 Å². The average Bonchev–Trinajstić information content (AvgIpc) is 2.91. The number of anilines is 1. The van der Waals surface area contributed by atoms with Crippen LogP contribution in [0.5, 0.6) is 0 Å². The molecule has 1 fully saturated rings. The van der Waals surface area contributed by atoms with Gasteiger partial charge < -0.3 is 10.6 Å². The van der Waals surface area contributed by atoms with E-state index in [-0.39, 0.29) is 5.54 Å². The minimum absolute atomic E-state index is 0.220. The van der Waals surface area contributed by atoms with Gasteiger partial charge in [-0.3, -0.25) is 0 Å². The number of nitrogens with two attached hydrogens (primary N) is 1. The Morgan fingerprint density at radius 3 is 2.60 bits per heavy atom. The highest BCUT2D eigenvalue weighted by Gasteiger charge is 2.41. The summed E-state index contributed by atoms with van der Waals surface area (Å²) in [5.41, 5.74) is 9.43. The first-order valence-electron chi connectivity index (χ1n) is 8.22. The zero-order valence-electron chi connectivity index (χ0n) is 12.9. The van der Waals surface area contributed by atoms with Crippen LogP contribution in [0.2, 0.25) is 0 Å². The van der Waals surface area contributed by atoms with Crippen molar-refractivity contribution in [2.45, 2.75) is 51.5 Å². The molecule has 0 aromatic heterocycles. The standard InChI is InChI=1S/C18H28N2/c1-14(2)15-7-10-18(13-19,11-8-15)20-12-9-16-5-3-4-6-17(16)20/h3-6,14-15H,7-13,19H2,1-2H3. The molecule has 0 spiro atoms. The molecule has 0 saturated heterocycles. The maximum Gasteiger partial charge on any atom is 0.0524 e. The summed E-state index contributed by atoms with van der Waals surface area (Å²) in [7, 11) is 0. The van der Waals surface area contributed by atoms with Gasteiger partial charge in [0, 0.05) is 18.8 Å². The average molecular weight is 272 g/mol. The van der Waals surface area contributed by atoms with E-state index in [1.807, 2.05) is 0 Å². The zero-order chi connectivity index (χ0) is 14.2. The molecule has 1 aromatic carbocycles. The van der Waals surface area contributed by atoms with Crippen LogP contribution >= 0.6 is 0 Å². The molecule has 0 amide bonds. The Kier molecular flexibility index (Phi) is 3.76. The number of para-hydroxylation sites is 1. The van der Waals surface area contributed by atoms with Gasteiger partial charge in [0.25, 0.3) is 0 Å². The van der Waals surface area contributed by atoms with E-state index in [1.54, 1.807) is 0 Å². The molecule has 2 aliphatic rings. The summed E-state index contributed by atoms with van der Waals surface area (Å²) in [5, 5.41) is 0. The molecule has 20 heavy (non-hydrogen) atoms. The molecule has 110 valence electrons. The van der Waals surface area contributed by atoms with Crippen LogP contribution in [0, 0.1) is 11.8 Å². The monoisotopic (exact) mass is 272 g/mol. The van der Waals surface area contributed by atoms with Crippen molar-refractivity contribution < 1.29 is 0 Å². The van der Waals surface area contributed by atoms with Crippen LogP contribution in [0.1, 0.15) is 45.1 Å². The molecule has 2 N–H and O–H groups in total. The fraction of sp³-hybridized carbons (Fsp3) is 0.667. The Morgan fingerprint density at radius 1 is 1.25 bits per heavy atom. The second kappa shape index (κ2) is 5.40. The van der Waals surface area contributed by atoms with Gasteiger partial charge in [0.1, 0.15) is 0 Å². The highest BCUT2D eigenvalue weighted by molar-refractivity contribution is 5.60. The Morgan fingerprint density at radius 2 is 1.95 bits per heavy atom. The van der Waals surface area contributed by atoms with Gasteiger partial charge >= 0.3 is 0 Å². The number of nitrogens with zero attached hydrogens (tertiary/aromatic N) is 1. The Labute approximate surface area is 123 Å². The smallest absolute Gasteiger partial charge is 0.0524 e. The molecule has 0 atom stereocenters. The largest absolute Gasteiger partial charge is 0.364 e. The SMILES string of the molecule is CC(C)C1CCC(CN)(N2CCc3ccccc32)CC1. The summed E-state index contributed by atoms with van der Waals surface area (Å²) < 4.78 is 0. The maximum absolute atomic E-state index is 6.26. The summed E-state index contributed by atoms with van der Waals surface area (Å²) in [6, 6.07) is 8.89. The minimum atomic E-state index is 0.220. The van der Waals surface area contributed by atoms with E-state index >= 15 is 0 Å². The topological polar surface area (TPSA) is 29.3 Å². The van der Waals surface area contributed by atoms with Crippen LogP contribution < -0.4 is 10.6 Å². The third-order valence-corrected chi connectivity index (χ3v) is 5.74. The van der Waals surface area contributed by atoms with E-state index in [1.165, 1.54) is 43.4 Å². The third-order valence-electron chi connectivity index (χ3n) is 5.74. The van der Waals surface area contributed by atoms with Crippen molar-refractivity contribution in [3.05, 3.63) is 29.8 Å². The lowest BCUT2D eigenvalue weighted by atomic mass is 9.72. The number of hydrogen-bond donors (Lipinski definition) is 1. The zero-order valence-corrected chi connectivity index (χ0v) is 12.9. The molecular formula is C18H28N2. The minimum Gasteiger partial charge on any atom is -0.364 e. The van der Waals surface area contributed by atoms with Crippen molar-refractivity contribution in [2.75, 3.05) is 18.0 Å². The summed E-state index contributed by atoms with van der Waals surface area (Å²) in [6.45, 7) is 6.69. The van der Waals surface area contributed by atoms with Crippen molar-refractivity contribution in [1.29, 1.82) is 0 Å². The van der Waals surface area contributed by atoms with Crippen LogP contribution in [0.4, 0.5) is 5.69 Å². The van der Waals surface area contributed by atoms with Crippen LogP contribution in [0.3, 0.4) is 0 Å². The first kappa shape index (κ1) is 13.9. The number of benzene rings is 1. The van der Waals surface area contributed by atoms with Crippen molar-refractivity contribution in [3.63, 3.8) is 0 Å². The number of rotatable bonds is 3. The number of fused-ring (bicyclic) bond motifs is 1. The number of hydrogen-bond acceptors (Lipinski definition) is 2. The fourth-order valence-corrected chi connectivity index (χ4v) is 4.26. The van der Waals surface area contributed by atoms with E-state index < -0.39 is 0 Å². The van der Waals surface area contributed by atoms with Gasteiger partial charge in [-0.05, 0) is 55.6 Å². The molecule has 3 rings (SSSR count). The van der Waals surface area contributed by atoms with Crippen LogP contribution in [0.25, 0.3) is 0 Å². The summed E-state index contributed by atoms with van der Waals surface area (Å²) in [4.78, 5) is 2.64. The van der Waals surface area contributed by atoms with Crippen LogP contribution in [-0.4, -0.2) is 18.6 Å². The van der Waals surface area contributed by atoms with E-state index in [0.717, 1.165) is 24.9 Å². The Hall–Kier alpha value is -1.02. The molecular weight excluding hydrogens is 244 g/mol. The summed E-state index contributed by atoms with van der Waals surface area (Å²) >= 11 is 0. The molecule has 2 nitrogen and oxygen atoms in total. The van der Waals surface area contributed by atoms with Crippen molar-refractivity contribution >= 4 is 5.69 Å². The third kappa shape index (κ3) is 2.24. The Bertz CT molecular complexity index is 458. The highest BCUT2D eigenvalue weighted by Crippen LogP contribution is 2.43. The highest BCUT2D eigenvalue weighted by atomic mass is 15.2. The predicted octanol–water partition coefficient (Wildman–Crippen LogP) is 3.59. The van der Waals surface area contributed by atoms with Gasteiger partial charge in [0.2, 0.25) is 0 Å². The lowest BCUT2D eigenvalue weighted by Crippen LogP contribution is -2.55. The van der Waals surface area contributed by atoms with Crippen molar-refractivity contribution in [3.8, 4) is 0 Å². The fourth-order valence-electron chi connectivity index (χ4n) is 4.26. The quantitative estimate of drug-likeness (QED) is 0.911. The van der Waals surface area contributed by atoms with Crippen LogP contribution in [0.15, 0.2) is 24.3 Å². The van der Waals surface area contributed by atoms with E-state index in [2.05, 4.69) is 43.0 Å². The van der Waals surface area contributed by atoms with E-state index in [4.69, 9.17) is 5.73 Å². The predicted molar refractivity (Wildman–Crippen MR) is 86.1 cm³/mol. The molecule has 0 bridgehead atoms. The van der Waals surface area contributed by atoms with Crippen molar-refractivity contribution in [1.82, 2.24) is 0 Å². The normalized spacial score (nSPS) is 29.8. The molecule has 1 aliphatic heterocycles. The molecule has 1 aliphatic carbocycles. The molecule has 0 unspecified atom stereocenters. The second-order valence-corrected chi connectivity index (χ2v) is 7.04. The second-order valence-electron chi connectivity index (χ2n) is 7.04. The maximum atomic E-state index is 6.26. The van der Waals surface area contributed by atoms with E-state index in [9.17, 15) is 0 Å². The molecule has 1 heterocycles. The summed E-state index contributed by atoms with van der Waals surface area (Å²) in [6.07, 6.45) is 6.40. The van der Waals surface area contributed by atoms with Gasteiger partial charge in [-0.25, -0.2) is 0 Å². The van der Waals surface area contributed by atoms with Crippen LogP contribution in [-0.2, 0) is 6.42 Å². The molecule has 2 heteroatoms. The first-order chi connectivity index (χ1) is 9.66. The Balaban J connectivity index is 1.82. The lowest BCUT2D eigenvalue weighted by molar-refractivity contribution is 0.192. The van der Waals surface area contributed by atoms with Gasteiger partial charge in [-0.15, -0.1) is 0 Å². The van der Waals surface area contributed by atoms with E-state index in [0.29, 0.717) is 0 Å². The molecule has 1 aromatic rings.